The van der Waals surface area contributed by atoms with Crippen LogP contribution in [0, 0.1) is 0 Å². The largest absolute Gasteiger partial charge is 0.301 e. The first-order valence-electron chi connectivity index (χ1n) is 8.93. The maximum atomic E-state index is 11.9. The van der Waals surface area contributed by atoms with E-state index in [0.29, 0.717) is 5.13 Å². The van der Waals surface area contributed by atoms with Crippen LogP contribution in [-0.4, -0.2) is 23.3 Å². The topological polar surface area (TPSA) is 83.1 Å². The lowest BCUT2D eigenvalue weighted by atomic mass is 10.0. The third-order valence-corrected chi connectivity index (χ3v) is 5.18. The highest BCUT2D eigenvalue weighted by atomic mass is 32.1. The summed E-state index contributed by atoms with van der Waals surface area (Å²) in [5.41, 5.74) is 6.13. The molecule has 0 aliphatic heterocycles. The number of hydrazine groups is 1. The SMILES string of the molecule is CC(=O)NNCC(=O)Nc1nc2c(s1)CCCCCCCCCC2. The van der Waals surface area contributed by atoms with Crippen molar-refractivity contribution < 1.29 is 9.59 Å². The molecule has 0 saturated heterocycles. The molecule has 0 unspecified atom stereocenters. The molecule has 0 bridgehead atoms. The van der Waals surface area contributed by atoms with E-state index < -0.39 is 0 Å². The number of fused-ring (bicyclic) bond motifs is 1. The van der Waals surface area contributed by atoms with Crippen molar-refractivity contribution in [1.82, 2.24) is 15.8 Å². The summed E-state index contributed by atoms with van der Waals surface area (Å²) in [6.07, 6.45) is 12.3. The molecule has 1 aliphatic rings. The Balaban J connectivity index is 1.90. The van der Waals surface area contributed by atoms with E-state index in [1.807, 2.05) is 0 Å². The van der Waals surface area contributed by atoms with Gasteiger partial charge in [0, 0.05) is 11.8 Å². The van der Waals surface area contributed by atoms with Crippen molar-refractivity contribution in [3.05, 3.63) is 10.6 Å². The second-order valence-corrected chi connectivity index (χ2v) is 7.38. The number of hydrogen-bond acceptors (Lipinski definition) is 5. The minimum atomic E-state index is -0.223. The average molecular weight is 353 g/mol. The highest BCUT2D eigenvalue weighted by Crippen LogP contribution is 2.27. The van der Waals surface area contributed by atoms with Crippen molar-refractivity contribution in [1.29, 1.82) is 0 Å². The molecule has 0 fully saturated rings. The van der Waals surface area contributed by atoms with E-state index in [1.165, 1.54) is 63.2 Å². The number of aryl methyl sites for hydroxylation is 2. The molecule has 0 radical (unpaired) electrons. The number of anilines is 1. The van der Waals surface area contributed by atoms with Crippen LogP contribution in [0.2, 0.25) is 0 Å². The summed E-state index contributed by atoms with van der Waals surface area (Å²) >= 11 is 1.60. The van der Waals surface area contributed by atoms with Gasteiger partial charge in [-0.25, -0.2) is 10.4 Å². The number of carbonyl (C=O) groups is 2. The standard InChI is InChI=1S/C17H28N4O2S/c1-13(22)21-18-12-16(23)20-17-19-14-10-8-6-4-2-3-5-7-9-11-15(14)24-17/h18H,2-12H2,1H3,(H,21,22)(H,19,20,23). The van der Waals surface area contributed by atoms with Crippen molar-refractivity contribution in [2.24, 2.45) is 0 Å². The average Bonchev–Trinajstić information content (AvgIpc) is 2.88. The van der Waals surface area contributed by atoms with Crippen LogP contribution in [0.3, 0.4) is 0 Å². The summed E-state index contributed by atoms with van der Waals surface area (Å²) in [6.45, 7) is 1.42. The van der Waals surface area contributed by atoms with Gasteiger partial charge in [-0.05, 0) is 25.7 Å². The lowest BCUT2D eigenvalue weighted by molar-refractivity contribution is -0.120. The molecule has 3 N–H and O–H groups in total. The third-order valence-electron chi connectivity index (χ3n) is 4.11. The van der Waals surface area contributed by atoms with Gasteiger partial charge in [-0.15, -0.1) is 11.3 Å². The number of rotatable bonds is 4. The molecule has 2 amide bonds. The number of amides is 2. The molecule has 0 saturated carbocycles. The number of aromatic nitrogens is 1. The molecule has 2 rings (SSSR count). The molecular formula is C17H28N4O2S. The van der Waals surface area contributed by atoms with Crippen LogP contribution in [0.4, 0.5) is 5.13 Å². The summed E-state index contributed by atoms with van der Waals surface area (Å²) in [6, 6.07) is 0. The van der Waals surface area contributed by atoms with Gasteiger partial charge in [-0.1, -0.05) is 38.5 Å². The molecule has 1 heterocycles. The highest BCUT2D eigenvalue weighted by Gasteiger charge is 2.13. The van der Waals surface area contributed by atoms with Crippen LogP contribution in [-0.2, 0) is 22.4 Å². The molecular weight excluding hydrogens is 324 g/mol. The molecule has 0 atom stereocenters. The molecule has 6 nitrogen and oxygen atoms in total. The predicted octanol–water partition coefficient (Wildman–Crippen LogP) is 2.94. The van der Waals surface area contributed by atoms with Crippen LogP contribution in [0.1, 0.15) is 68.9 Å². The van der Waals surface area contributed by atoms with Gasteiger partial charge in [0.1, 0.15) is 0 Å². The molecule has 24 heavy (non-hydrogen) atoms. The van der Waals surface area contributed by atoms with Crippen LogP contribution in [0.25, 0.3) is 0 Å². The number of nitrogens with zero attached hydrogens (tertiary/aromatic N) is 1. The van der Waals surface area contributed by atoms with Gasteiger partial charge in [0.25, 0.3) is 0 Å². The summed E-state index contributed by atoms with van der Waals surface area (Å²) in [5.74, 6) is -0.424. The Morgan fingerprint density at radius 3 is 2.29 bits per heavy atom. The van der Waals surface area contributed by atoms with Gasteiger partial charge in [0.2, 0.25) is 11.8 Å². The molecule has 134 valence electrons. The smallest absolute Gasteiger partial charge is 0.241 e. The van der Waals surface area contributed by atoms with Gasteiger partial charge in [-0.3, -0.25) is 15.0 Å². The van der Waals surface area contributed by atoms with Crippen LogP contribution in [0.15, 0.2) is 0 Å². The lowest BCUT2D eigenvalue weighted by Crippen LogP contribution is -2.40. The second kappa shape index (κ2) is 10.4. The first kappa shape index (κ1) is 18.9. The van der Waals surface area contributed by atoms with Crippen LogP contribution >= 0.6 is 11.3 Å². The number of hydrogen-bond donors (Lipinski definition) is 3. The molecule has 7 heteroatoms. The highest BCUT2D eigenvalue weighted by molar-refractivity contribution is 7.15. The molecule has 1 aromatic rings. The van der Waals surface area contributed by atoms with Gasteiger partial charge in [-0.2, -0.15) is 0 Å². The zero-order valence-corrected chi connectivity index (χ0v) is 15.3. The summed E-state index contributed by atoms with van der Waals surface area (Å²) in [4.78, 5) is 28.6. The Morgan fingerprint density at radius 2 is 1.62 bits per heavy atom. The van der Waals surface area contributed by atoms with E-state index in [9.17, 15) is 9.59 Å². The van der Waals surface area contributed by atoms with Gasteiger partial charge in [0.05, 0.1) is 12.2 Å². The summed E-state index contributed by atoms with van der Waals surface area (Å²) in [5, 5.41) is 3.50. The van der Waals surface area contributed by atoms with Crippen LogP contribution < -0.4 is 16.2 Å². The van der Waals surface area contributed by atoms with Gasteiger partial charge in [0.15, 0.2) is 5.13 Å². The fraction of sp³-hybridized carbons (Fsp3) is 0.706. The third kappa shape index (κ3) is 6.97. The lowest BCUT2D eigenvalue weighted by Gasteiger charge is -2.06. The van der Waals surface area contributed by atoms with E-state index in [4.69, 9.17) is 0 Å². The minimum Gasteiger partial charge on any atom is -0.301 e. The maximum Gasteiger partial charge on any atom is 0.241 e. The maximum absolute atomic E-state index is 11.9. The van der Waals surface area contributed by atoms with E-state index in [0.717, 1.165) is 18.5 Å². The monoisotopic (exact) mass is 352 g/mol. The quantitative estimate of drug-likeness (QED) is 0.728. The summed E-state index contributed by atoms with van der Waals surface area (Å²) < 4.78 is 0. The fourth-order valence-corrected chi connectivity index (χ4v) is 3.94. The van der Waals surface area contributed by atoms with Gasteiger partial charge < -0.3 is 5.32 Å². The minimum absolute atomic E-state index is 0.0316. The normalized spacial score (nSPS) is 16.4. The molecule has 0 spiro atoms. The van der Waals surface area contributed by atoms with E-state index in [-0.39, 0.29) is 18.4 Å². The zero-order chi connectivity index (χ0) is 17.2. The van der Waals surface area contributed by atoms with E-state index in [1.54, 1.807) is 11.3 Å². The van der Waals surface area contributed by atoms with Gasteiger partial charge >= 0.3 is 0 Å². The first-order chi connectivity index (χ1) is 11.6. The van der Waals surface area contributed by atoms with Crippen molar-refractivity contribution >= 4 is 28.3 Å². The summed E-state index contributed by atoms with van der Waals surface area (Å²) in [7, 11) is 0. The second-order valence-electron chi connectivity index (χ2n) is 6.30. The van der Waals surface area contributed by atoms with Crippen LogP contribution in [0.5, 0.6) is 0 Å². The predicted molar refractivity (Wildman–Crippen MR) is 96.9 cm³/mol. The molecule has 1 aliphatic carbocycles. The van der Waals surface area contributed by atoms with Crippen molar-refractivity contribution in [2.45, 2.75) is 71.1 Å². The van der Waals surface area contributed by atoms with Crippen molar-refractivity contribution in [3.8, 4) is 0 Å². The number of nitrogens with one attached hydrogen (secondary N) is 3. The Hall–Kier alpha value is -1.47. The van der Waals surface area contributed by atoms with Crippen molar-refractivity contribution in [2.75, 3.05) is 11.9 Å². The number of thiazole rings is 1. The Morgan fingerprint density at radius 1 is 1.00 bits per heavy atom. The Labute approximate surface area is 147 Å². The molecule has 1 aromatic heterocycles. The Kier molecular flexibility index (Phi) is 8.18. The zero-order valence-electron chi connectivity index (χ0n) is 14.5. The fourth-order valence-electron chi connectivity index (χ4n) is 2.88. The number of carbonyl (C=O) groups excluding carboxylic acids is 2. The van der Waals surface area contributed by atoms with E-state index >= 15 is 0 Å². The molecule has 0 aromatic carbocycles. The Bertz CT molecular complexity index is 515. The first-order valence-corrected chi connectivity index (χ1v) is 9.74. The van der Waals surface area contributed by atoms with E-state index in [2.05, 4.69) is 21.2 Å². The van der Waals surface area contributed by atoms with Crippen molar-refractivity contribution in [3.63, 3.8) is 0 Å².